The maximum atomic E-state index is 9.03. The lowest BCUT2D eigenvalue weighted by Gasteiger charge is -2.20. The lowest BCUT2D eigenvalue weighted by molar-refractivity contribution is 0.263. The Kier molecular flexibility index (Phi) is 4.24. The number of aliphatic hydroxyl groups is 1. The van der Waals surface area contributed by atoms with Gasteiger partial charge in [0.05, 0.1) is 5.69 Å². The number of hydrogen-bond acceptors (Lipinski definition) is 4. The molecule has 1 fully saturated rings. The summed E-state index contributed by atoms with van der Waals surface area (Å²) in [4.78, 5) is 2.41. The summed E-state index contributed by atoms with van der Waals surface area (Å²) in [6, 6.07) is 0. The zero-order valence-corrected chi connectivity index (χ0v) is 11.6. The molecule has 0 aromatic carbocycles. The summed E-state index contributed by atoms with van der Waals surface area (Å²) in [6.07, 6.45) is 2.08. The Hall–Kier alpha value is -1.07. The van der Waals surface area contributed by atoms with E-state index in [2.05, 4.69) is 22.2 Å². The molecule has 2 rings (SSSR count). The third-order valence-electron chi connectivity index (χ3n) is 3.79. The van der Waals surface area contributed by atoms with E-state index in [1.54, 1.807) is 0 Å². The monoisotopic (exact) mass is 252 g/mol. The van der Waals surface area contributed by atoms with E-state index in [4.69, 9.17) is 5.11 Å². The highest BCUT2D eigenvalue weighted by Crippen LogP contribution is 2.29. The molecule has 2 N–H and O–H groups in total. The average molecular weight is 252 g/mol. The van der Waals surface area contributed by atoms with E-state index in [0.717, 1.165) is 31.7 Å². The topological polar surface area (TPSA) is 53.3 Å². The fourth-order valence-electron chi connectivity index (χ4n) is 2.91. The third-order valence-corrected chi connectivity index (χ3v) is 3.79. The van der Waals surface area contributed by atoms with Crippen molar-refractivity contribution in [2.75, 3.05) is 31.6 Å². The molecule has 0 spiro atoms. The van der Waals surface area contributed by atoms with Gasteiger partial charge in [-0.3, -0.25) is 4.68 Å². The average Bonchev–Trinajstić information content (AvgIpc) is 2.86. The number of nitrogens with one attached hydrogen (secondary N) is 1. The van der Waals surface area contributed by atoms with Gasteiger partial charge in [-0.1, -0.05) is 0 Å². The Labute approximate surface area is 109 Å². The molecule has 1 atom stereocenters. The van der Waals surface area contributed by atoms with Crippen LogP contribution in [0.15, 0.2) is 0 Å². The van der Waals surface area contributed by atoms with Crippen LogP contribution in [0.4, 0.5) is 5.82 Å². The first-order valence-corrected chi connectivity index (χ1v) is 6.70. The van der Waals surface area contributed by atoms with Crippen molar-refractivity contribution >= 4 is 5.82 Å². The number of rotatable bonds is 5. The number of nitrogens with zero attached hydrogens (tertiary/aromatic N) is 3. The summed E-state index contributed by atoms with van der Waals surface area (Å²) in [6.45, 7) is 5.33. The Morgan fingerprint density at radius 3 is 2.94 bits per heavy atom. The standard InChI is InChI=1S/C13H24N4O/c1-10-12(8-14-2)13(16(3)15-10)17-6-4-11(9-17)5-7-18/h11,14,18H,4-9H2,1-3H3. The van der Waals surface area contributed by atoms with Crippen molar-refractivity contribution in [2.24, 2.45) is 13.0 Å². The van der Waals surface area contributed by atoms with Crippen molar-refractivity contribution in [2.45, 2.75) is 26.3 Å². The molecular weight excluding hydrogens is 228 g/mol. The molecule has 0 amide bonds. The maximum absolute atomic E-state index is 9.03. The molecule has 5 nitrogen and oxygen atoms in total. The molecule has 18 heavy (non-hydrogen) atoms. The highest BCUT2D eigenvalue weighted by Gasteiger charge is 2.26. The summed E-state index contributed by atoms with van der Waals surface area (Å²) in [5, 5.41) is 16.8. The summed E-state index contributed by atoms with van der Waals surface area (Å²) in [7, 11) is 3.98. The second kappa shape index (κ2) is 5.71. The SMILES string of the molecule is CNCc1c(C)nn(C)c1N1CCC(CCO)C1. The predicted octanol–water partition coefficient (Wildman–Crippen LogP) is 0.657. The van der Waals surface area contributed by atoms with Crippen molar-refractivity contribution in [1.29, 1.82) is 0 Å². The van der Waals surface area contributed by atoms with Gasteiger partial charge in [0.1, 0.15) is 5.82 Å². The van der Waals surface area contributed by atoms with E-state index in [1.165, 1.54) is 17.8 Å². The first-order valence-electron chi connectivity index (χ1n) is 6.70. The molecule has 1 unspecified atom stereocenters. The van der Waals surface area contributed by atoms with E-state index in [9.17, 15) is 0 Å². The first kappa shape index (κ1) is 13.4. The number of aromatic nitrogens is 2. The van der Waals surface area contributed by atoms with Crippen LogP contribution in [0.3, 0.4) is 0 Å². The summed E-state index contributed by atoms with van der Waals surface area (Å²) >= 11 is 0. The minimum Gasteiger partial charge on any atom is -0.396 e. The van der Waals surface area contributed by atoms with E-state index >= 15 is 0 Å². The Balaban J connectivity index is 2.18. The minimum absolute atomic E-state index is 0.298. The van der Waals surface area contributed by atoms with Crippen LogP contribution in [-0.4, -0.2) is 41.6 Å². The van der Waals surface area contributed by atoms with Gasteiger partial charge in [-0.2, -0.15) is 5.10 Å². The van der Waals surface area contributed by atoms with Gasteiger partial charge in [0.25, 0.3) is 0 Å². The van der Waals surface area contributed by atoms with Crippen LogP contribution in [0.1, 0.15) is 24.1 Å². The summed E-state index contributed by atoms with van der Waals surface area (Å²) in [5.74, 6) is 1.86. The first-order chi connectivity index (χ1) is 8.67. The molecule has 0 bridgehead atoms. The number of hydrogen-bond donors (Lipinski definition) is 2. The van der Waals surface area contributed by atoms with E-state index in [0.29, 0.717) is 12.5 Å². The molecule has 0 radical (unpaired) electrons. The fraction of sp³-hybridized carbons (Fsp3) is 0.769. The maximum Gasteiger partial charge on any atom is 0.131 e. The molecule has 5 heteroatoms. The molecule has 102 valence electrons. The van der Waals surface area contributed by atoms with Crippen LogP contribution in [-0.2, 0) is 13.6 Å². The third kappa shape index (κ3) is 2.52. The molecule has 1 aromatic heterocycles. The summed E-state index contributed by atoms with van der Waals surface area (Å²) in [5.41, 5.74) is 2.40. The van der Waals surface area contributed by atoms with Crippen LogP contribution in [0, 0.1) is 12.8 Å². The zero-order valence-electron chi connectivity index (χ0n) is 11.6. The quantitative estimate of drug-likeness (QED) is 0.808. The molecule has 1 aliphatic heterocycles. The van der Waals surface area contributed by atoms with Crippen LogP contribution < -0.4 is 10.2 Å². The lowest BCUT2D eigenvalue weighted by Crippen LogP contribution is -2.24. The van der Waals surface area contributed by atoms with E-state index in [1.807, 2.05) is 18.8 Å². The molecule has 1 saturated heterocycles. The smallest absolute Gasteiger partial charge is 0.131 e. The van der Waals surface area contributed by atoms with Crippen LogP contribution in [0.2, 0.25) is 0 Å². The zero-order chi connectivity index (χ0) is 13.1. The van der Waals surface area contributed by atoms with E-state index in [-0.39, 0.29) is 0 Å². The normalized spacial score (nSPS) is 19.8. The number of aliphatic hydroxyl groups excluding tert-OH is 1. The molecule has 1 aromatic rings. The van der Waals surface area contributed by atoms with Crippen molar-refractivity contribution in [3.63, 3.8) is 0 Å². The van der Waals surface area contributed by atoms with Crippen molar-refractivity contribution in [3.8, 4) is 0 Å². The molecular formula is C13H24N4O. The predicted molar refractivity (Wildman–Crippen MR) is 72.7 cm³/mol. The molecule has 0 aliphatic carbocycles. The fourth-order valence-corrected chi connectivity index (χ4v) is 2.91. The molecule has 2 heterocycles. The van der Waals surface area contributed by atoms with Crippen molar-refractivity contribution < 1.29 is 5.11 Å². The van der Waals surface area contributed by atoms with Gasteiger partial charge in [-0.25, -0.2) is 0 Å². The van der Waals surface area contributed by atoms with Crippen molar-refractivity contribution in [1.82, 2.24) is 15.1 Å². The number of anilines is 1. The minimum atomic E-state index is 0.298. The highest BCUT2D eigenvalue weighted by atomic mass is 16.3. The second-order valence-electron chi connectivity index (χ2n) is 5.15. The molecule has 1 aliphatic rings. The highest BCUT2D eigenvalue weighted by molar-refractivity contribution is 5.51. The van der Waals surface area contributed by atoms with Gasteiger partial charge >= 0.3 is 0 Å². The van der Waals surface area contributed by atoms with Gasteiger partial charge in [-0.05, 0) is 32.7 Å². The number of aryl methyl sites for hydroxylation is 2. The van der Waals surface area contributed by atoms with Gasteiger partial charge in [0, 0.05) is 38.9 Å². The lowest BCUT2D eigenvalue weighted by atomic mass is 10.1. The van der Waals surface area contributed by atoms with Gasteiger partial charge < -0.3 is 15.3 Å². The van der Waals surface area contributed by atoms with Gasteiger partial charge in [0.15, 0.2) is 0 Å². The van der Waals surface area contributed by atoms with Gasteiger partial charge in [0.2, 0.25) is 0 Å². The Morgan fingerprint density at radius 1 is 1.50 bits per heavy atom. The van der Waals surface area contributed by atoms with Crippen LogP contribution in [0.25, 0.3) is 0 Å². The van der Waals surface area contributed by atoms with Crippen LogP contribution >= 0.6 is 0 Å². The van der Waals surface area contributed by atoms with Crippen molar-refractivity contribution in [3.05, 3.63) is 11.3 Å². The molecule has 0 saturated carbocycles. The second-order valence-corrected chi connectivity index (χ2v) is 5.15. The van der Waals surface area contributed by atoms with Gasteiger partial charge in [-0.15, -0.1) is 0 Å². The largest absolute Gasteiger partial charge is 0.396 e. The van der Waals surface area contributed by atoms with E-state index < -0.39 is 0 Å². The summed E-state index contributed by atoms with van der Waals surface area (Å²) < 4.78 is 1.99. The van der Waals surface area contributed by atoms with Crippen LogP contribution in [0.5, 0.6) is 0 Å². The Bertz CT molecular complexity index is 402. The Morgan fingerprint density at radius 2 is 2.28 bits per heavy atom.